The molecule has 3 amide bonds. The number of amides is 3. The summed E-state index contributed by atoms with van der Waals surface area (Å²) >= 11 is 13.9. The van der Waals surface area contributed by atoms with Gasteiger partial charge in [-0.25, -0.2) is 0 Å². The maximum atomic E-state index is 14.8. The molecule has 0 bridgehead atoms. The third-order valence-electron chi connectivity index (χ3n) is 7.89. The number of likely N-dealkylation sites (tertiary alicyclic amines) is 1. The Bertz CT molecular complexity index is 1630. The maximum Gasteiger partial charge on any atom is 0.242 e. The van der Waals surface area contributed by atoms with E-state index in [4.69, 9.17) is 23.2 Å². The van der Waals surface area contributed by atoms with Gasteiger partial charge in [0.15, 0.2) is 0 Å². The Labute approximate surface area is 252 Å². The molecule has 7 nitrogen and oxygen atoms in total. The van der Waals surface area contributed by atoms with Gasteiger partial charge in [-0.1, -0.05) is 59.6 Å². The van der Waals surface area contributed by atoms with Crippen molar-refractivity contribution in [1.29, 1.82) is 0 Å². The van der Waals surface area contributed by atoms with Crippen LogP contribution in [0.2, 0.25) is 10.0 Å². The molecule has 0 spiro atoms. The highest BCUT2D eigenvalue weighted by molar-refractivity contribution is 8.01. The smallest absolute Gasteiger partial charge is 0.242 e. The van der Waals surface area contributed by atoms with Crippen molar-refractivity contribution in [1.82, 2.24) is 20.1 Å². The number of thioether (sulfide) groups is 1. The number of rotatable bonds is 6. The quantitative estimate of drug-likeness (QED) is 0.282. The van der Waals surface area contributed by atoms with Crippen LogP contribution in [0.5, 0.6) is 0 Å². The highest BCUT2D eigenvalue weighted by Crippen LogP contribution is 2.56. The summed E-state index contributed by atoms with van der Waals surface area (Å²) in [7, 11) is 0. The number of fused-ring (bicyclic) bond motifs is 1. The molecule has 210 valence electrons. The Balaban J connectivity index is 1.56. The molecule has 0 aliphatic carbocycles. The zero-order valence-electron chi connectivity index (χ0n) is 22.3. The first-order valence-corrected chi connectivity index (χ1v) is 15.0. The largest absolute Gasteiger partial charge is 0.361 e. The molecule has 2 fully saturated rings. The Morgan fingerprint density at radius 1 is 1.02 bits per heavy atom. The van der Waals surface area contributed by atoms with Crippen molar-refractivity contribution in [3.05, 3.63) is 100 Å². The van der Waals surface area contributed by atoms with E-state index in [0.717, 1.165) is 26.9 Å². The summed E-state index contributed by atoms with van der Waals surface area (Å²) in [4.78, 5) is 49.0. The minimum atomic E-state index is -1.24. The average Bonchev–Trinajstić information content (AvgIpc) is 3.50. The van der Waals surface area contributed by atoms with Crippen LogP contribution in [0, 0.1) is 0 Å². The Kier molecular flexibility index (Phi) is 7.49. The first-order valence-electron chi connectivity index (χ1n) is 13.4. The van der Waals surface area contributed by atoms with Crippen molar-refractivity contribution >= 4 is 63.6 Å². The van der Waals surface area contributed by atoms with Crippen molar-refractivity contribution in [2.75, 3.05) is 19.6 Å². The van der Waals surface area contributed by atoms with E-state index in [1.54, 1.807) is 17.0 Å². The number of aromatic amines is 1. The monoisotopic (exact) mass is 606 g/mol. The van der Waals surface area contributed by atoms with Crippen LogP contribution in [-0.4, -0.2) is 56.9 Å². The van der Waals surface area contributed by atoms with Gasteiger partial charge in [0, 0.05) is 50.7 Å². The number of benzene rings is 3. The second-order valence-corrected chi connectivity index (χ2v) is 12.7. The number of H-pyrrole nitrogens is 1. The molecule has 2 aliphatic heterocycles. The molecule has 1 aromatic heterocycles. The molecular formula is C31H28Cl2N4O3S. The van der Waals surface area contributed by atoms with Gasteiger partial charge in [0.1, 0.15) is 4.75 Å². The SMILES string of the molecule is C[C@H](c1ccc(Cl)cc1)N1C(=O)CC(Sc2ccccc2)(C(=O)N2CCNC(=O)C2)C1c1c[nH]c2cc(Cl)ccc12. The molecule has 3 aromatic carbocycles. The maximum absolute atomic E-state index is 14.8. The predicted molar refractivity (Wildman–Crippen MR) is 162 cm³/mol. The van der Waals surface area contributed by atoms with Crippen molar-refractivity contribution in [3.63, 3.8) is 0 Å². The van der Waals surface area contributed by atoms with Gasteiger partial charge in [-0.3, -0.25) is 14.4 Å². The minimum Gasteiger partial charge on any atom is -0.361 e. The third kappa shape index (κ3) is 5.09. The lowest BCUT2D eigenvalue weighted by Crippen LogP contribution is -2.57. The fourth-order valence-corrected chi connectivity index (χ4v) is 7.75. The molecule has 3 heterocycles. The van der Waals surface area contributed by atoms with Gasteiger partial charge < -0.3 is 20.1 Å². The highest BCUT2D eigenvalue weighted by atomic mass is 35.5. The van der Waals surface area contributed by atoms with E-state index < -0.39 is 10.8 Å². The number of carbonyl (C=O) groups excluding carboxylic acids is 3. The fraction of sp³-hybridized carbons (Fsp3) is 0.258. The summed E-state index contributed by atoms with van der Waals surface area (Å²) in [5, 5.41) is 4.87. The van der Waals surface area contributed by atoms with Crippen molar-refractivity contribution in [3.8, 4) is 0 Å². The highest BCUT2D eigenvalue weighted by Gasteiger charge is 2.61. The number of carbonyl (C=O) groups is 3. The molecule has 3 atom stereocenters. The van der Waals surface area contributed by atoms with Crippen LogP contribution < -0.4 is 5.32 Å². The van der Waals surface area contributed by atoms with E-state index in [2.05, 4.69) is 10.3 Å². The van der Waals surface area contributed by atoms with Crippen LogP contribution in [0.1, 0.15) is 36.6 Å². The van der Waals surface area contributed by atoms with Crippen LogP contribution in [0.25, 0.3) is 10.9 Å². The minimum absolute atomic E-state index is 0.0215. The lowest BCUT2D eigenvalue weighted by Gasteiger charge is -2.41. The van der Waals surface area contributed by atoms with E-state index in [1.165, 1.54) is 11.8 Å². The van der Waals surface area contributed by atoms with Crippen LogP contribution >= 0.6 is 35.0 Å². The average molecular weight is 608 g/mol. The van der Waals surface area contributed by atoms with Crippen LogP contribution in [0.15, 0.2) is 83.9 Å². The summed E-state index contributed by atoms with van der Waals surface area (Å²) in [6, 6.07) is 21.6. The fourth-order valence-electron chi connectivity index (χ4n) is 5.98. The van der Waals surface area contributed by atoms with Crippen LogP contribution in [-0.2, 0) is 14.4 Å². The summed E-state index contributed by atoms with van der Waals surface area (Å²) in [6.45, 7) is 2.67. The molecule has 10 heteroatoms. The van der Waals surface area contributed by atoms with Gasteiger partial charge in [0.05, 0.1) is 25.0 Å². The van der Waals surface area contributed by atoms with Gasteiger partial charge in [0.25, 0.3) is 0 Å². The van der Waals surface area contributed by atoms with Gasteiger partial charge >= 0.3 is 0 Å². The van der Waals surface area contributed by atoms with E-state index in [1.807, 2.05) is 78.7 Å². The van der Waals surface area contributed by atoms with Crippen LogP contribution in [0.4, 0.5) is 0 Å². The molecule has 2 saturated heterocycles. The second kappa shape index (κ2) is 11.1. The van der Waals surface area contributed by atoms with Gasteiger partial charge in [-0.05, 0) is 48.9 Å². The third-order valence-corrected chi connectivity index (χ3v) is 9.79. The lowest BCUT2D eigenvalue weighted by atomic mass is 9.89. The molecular weight excluding hydrogens is 579 g/mol. The van der Waals surface area contributed by atoms with E-state index >= 15 is 0 Å². The molecule has 0 radical (unpaired) electrons. The van der Waals surface area contributed by atoms with Gasteiger partial charge in [-0.15, -0.1) is 11.8 Å². The topological polar surface area (TPSA) is 85.5 Å². The first-order chi connectivity index (χ1) is 19.8. The standard InChI is InChI=1S/C31H28Cl2N4O3S/c1-19(20-7-9-21(32)10-8-20)37-28(39)16-31(41-23-5-3-2-4-6-23,30(40)36-14-13-34-27(38)18-36)29(37)25-17-35-26-15-22(33)11-12-24(25)26/h2-12,15,17,19,29,35H,13-14,16,18H2,1H3,(H,34,38)/t19-,29?,31?/m1/s1. The molecule has 6 rings (SSSR count). The molecule has 41 heavy (non-hydrogen) atoms. The molecule has 2 unspecified atom stereocenters. The van der Waals surface area contributed by atoms with Gasteiger partial charge in [-0.2, -0.15) is 0 Å². The number of hydrogen-bond donors (Lipinski definition) is 2. The molecule has 2 aliphatic rings. The molecule has 0 saturated carbocycles. The number of aromatic nitrogens is 1. The lowest BCUT2D eigenvalue weighted by molar-refractivity contribution is -0.140. The van der Waals surface area contributed by atoms with Crippen molar-refractivity contribution in [2.24, 2.45) is 0 Å². The number of hydrogen-bond acceptors (Lipinski definition) is 4. The van der Waals surface area contributed by atoms with Crippen molar-refractivity contribution in [2.45, 2.75) is 35.1 Å². The predicted octanol–water partition coefficient (Wildman–Crippen LogP) is 6.00. The van der Waals surface area contributed by atoms with Crippen molar-refractivity contribution < 1.29 is 14.4 Å². The summed E-state index contributed by atoms with van der Waals surface area (Å²) < 4.78 is -1.24. The van der Waals surface area contributed by atoms with E-state index in [0.29, 0.717) is 23.1 Å². The summed E-state index contributed by atoms with van der Waals surface area (Å²) in [6.07, 6.45) is 1.86. The first kappa shape index (κ1) is 27.7. The number of piperazine rings is 1. The van der Waals surface area contributed by atoms with Crippen LogP contribution in [0.3, 0.4) is 0 Å². The Morgan fingerprint density at radius 2 is 1.76 bits per heavy atom. The Morgan fingerprint density at radius 3 is 2.49 bits per heavy atom. The number of nitrogens with zero attached hydrogens (tertiary/aromatic N) is 2. The summed E-state index contributed by atoms with van der Waals surface area (Å²) in [5.41, 5.74) is 2.54. The normalized spacial score (nSPS) is 21.8. The summed E-state index contributed by atoms with van der Waals surface area (Å²) in [5.74, 6) is -0.578. The molecule has 2 N–H and O–H groups in total. The number of nitrogens with one attached hydrogen (secondary N) is 2. The Hall–Kier alpha value is -3.46. The zero-order valence-corrected chi connectivity index (χ0v) is 24.6. The van der Waals surface area contributed by atoms with E-state index in [-0.39, 0.29) is 36.7 Å². The van der Waals surface area contributed by atoms with E-state index in [9.17, 15) is 14.4 Å². The second-order valence-electron chi connectivity index (χ2n) is 10.4. The number of halogens is 2. The zero-order chi connectivity index (χ0) is 28.7. The molecule has 4 aromatic rings. The van der Waals surface area contributed by atoms with Gasteiger partial charge in [0.2, 0.25) is 17.7 Å².